The summed E-state index contributed by atoms with van der Waals surface area (Å²) in [6.07, 6.45) is 0. The number of benzene rings is 3. The third-order valence-electron chi connectivity index (χ3n) is 4.28. The molecule has 0 aliphatic rings. The molecule has 0 aromatic heterocycles. The summed E-state index contributed by atoms with van der Waals surface area (Å²) in [4.78, 5) is 12.7. The Morgan fingerprint density at radius 2 is 1.60 bits per heavy atom. The zero-order valence-electron chi connectivity index (χ0n) is 15.8. The maximum Gasteiger partial charge on any atom is 0.264 e. The first-order chi connectivity index (χ1) is 14.2. The number of hydrogen-bond acceptors (Lipinski definition) is 3. The second kappa shape index (κ2) is 9.27. The van der Waals surface area contributed by atoms with E-state index in [0.717, 1.165) is 4.31 Å². The van der Waals surface area contributed by atoms with Gasteiger partial charge in [-0.1, -0.05) is 53.0 Å². The number of carbonyl (C=O) groups is 1. The number of sulfonamides is 1. The summed E-state index contributed by atoms with van der Waals surface area (Å²) >= 11 is 17.8. The number of hydrogen-bond donors (Lipinski definition) is 1. The molecule has 1 N–H and O–H groups in total. The Hall–Kier alpha value is -2.25. The fourth-order valence-electron chi connectivity index (χ4n) is 2.78. The number of aryl methyl sites for hydroxylation is 1. The van der Waals surface area contributed by atoms with Crippen LogP contribution in [0.4, 0.5) is 11.4 Å². The highest BCUT2D eigenvalue weighted by molar-refractivity contribution is 7.92. The lowest BCUT2D eigenvalue weighted by atomic mass is 10.2. The molecule has 0 atom stereocenters. The van der Waals surface area contributed by atoms with Gasteiger partial charge in [0, 0.05) is 10.7 Å². The fraction of sp³-hybridized carbons (Fsp3) is 0.0952. The van der Waals surface area contributed by atoms with Gasteiger partial charge in [0.15, 0.2) is 0 Å². The van der Waals surface area contributed by atoms with Crippen LogP contribution in [0.25, 0.3) is 0 Å². The lowest BCUT2D eigenvalue weighted by Gasteiger charge is -2.25. The highest BCUT2D eigenvalue weighted by Crippen LogP contribution is 2.28. The minimum Gasteiger partial charge on any atom is -0.324 e. The Bertz CT molecular complexity index is 1180. The first-order valence-electron chi connectivity index (χ1n) is 8.77. The van der Waals surface area contributed by atoms with E-state index in [1.165, 1.54) is 30.3 Å². The molecule has 0 aliphatic heterocycles. The van der Waals surface area contributed by atoms with Gasteiger partial charge in [-0.25, -0.2) is 8.42 Å². The van der Waals surface area contributed by atoms with Gasteiger partial charge in [-0.2, -0.15) is 0 Å². The molecule has 0 bridgehead atoms. The van der Waals surface area contributed by atoms with Gasteiger partial charge in [-0.15, -0.1) is 0 Å². The molecule has 3 aromatic carbocycles. The topological polar surface area (TPSA) is 66.5 Å². The maximum absolute atomic E-state index is 13.3. The van der Waals surface area contributed by atoms with E-state index < -0.39 is 22.5 Å². The number of rotatable bonds is 6. The van der Waals surface area contributed by atoms with Gasteiger partial charge in [0.05, 0.1) is 20.6 Å². The molecule has 0 saturated carbocycles. The molecule has 0 aliphatic carbocycles. The van der Waals surface area contributed by atoms with Gasteiger partial charge in [-0.3, -0.25) is 9.10 Å². The SMILES string of the molecule is Cc1ccccc1N(CC(=O)Nc1ccc(Cl)c(Cl)c1)S(=O)(=O)c1ccc(Cl)cc1. The average Bonchev–Trinajstić information content (AvgIpc) is 2.70. The van der Waals surface area contributed by atoms with Gasteiger partial charge in [0.1, 0.15) is 6.54 Å². The molecule has 9 heteroatoms. The standard InChI is InChI=1S/C21H17Cl3N2O3S/c1-14-4-2-3-5-20(14)26(30(28,29)17-9-6-15(22)7-10-17)13-21(27)25-16-8-11-18(23)19(24)12-16/h2-12H,13H2,1H3,(H,25,27). The van der Waals surface area contributed by atoms with Crippen molar-refractivity contribution in [1.29, 1.82) is 0 Å². The van der Waals surface area contributed by atoms with Gasteiger partial charge in [0.25, 0.3) is 10.0 Å². The lowest BCUT2D eigenvalue weighted by molar-refractivity contribution is -0.114. The number of nitrogens with one attached hydrogen (secondary N) is 1. The molecule has 3 aromatic rings. The fourth-order valence-corrected chi connectivity index (χ4v) is 4.69. The van der Waals surface area contributed by atoms with Crippen LogP contribution < -0.4 is 9.62 Å². The Morgan fingerprint density at radius 1 is 0.933 bits per heavy atom. The molecular weight excluding hydrogens is 467 g/mol. The predicted octanol–water partition coefficient (Wildman–Crippen LogP) is 5.79. The summed E-state index contributed by atoms with van der Waals surface area (Å²) in [7, 11) is -4.03. The molecule has 0 unspecified atom stereocenters. The Kier molecular flexibility index (Phi) is 6.93. The van der Waals surface area contributed by atoms with Crippen LogP contribution in [0.5, 0.6) is 0 Å². The molecular formula is C21H17Cl3N2O3S. The van der Waals surface area contributed by atoms with E-state index in [1.54, 1.807) is 43.3 Å². The molecule has 0 radical (unpaired) electrons. The van der Waals surface area contributed by atoms with Crippen molar-refractivity contribution in [2.45, 2.75) is 11.8 Å². The zero-order valence-corrected chi connectivity index (χ0v) is 18.9. The van der Waals surface area contributed by atoms with Crippen LogP contribution in [0.3, 0.4) is 0 Å². The van der Waals surface area contributed by atoms with E-state index in [2.05, 4.69) is 5.32 Å². The van der Waals surface area contributed by atoms with Crippen molar-refractivity contribution in [2.75, 3.05) is 16.2 Å². The van der Waals surface area contributed by atoms with Gasteiger partial charge < -0.3 is 5.32 Å². The summed E-state index contributed by atoms with van der Waals surface area (Å²) in [6.45, 7) is 1.34. The normalized spacial score (nSPS) is 11.2. The number of anilines is 2. The zero-order chi connectivity index (χ0) is 21.9. The second-order valence-corrected chi connectivity index (χ2v) is 9.54. The van der Waals surface area contributed by atoms with Crippen LogP contribution in [-0.4, -0.2) is 20.9 Å². The van der Waals surface area contributed by atoms with E-state index in [-0.39, 0.29) is 9.92 Å². The number of para-hydroxylation sites is 1. The molecule has 0 fully saturated rings. The summed E-state index contributed by atoms with van der Waals surface area (Å²) < 4.78 is 27.8. The largest absolute Gasteiger partial charge is 0.324 e. The van der Waals surface area contributed by atoms with Crippen LogP contribution >= 0.6 is 34.8 Å². The van der Waals surface area contributed by atoms with E-state index >= 15 is 0 Å². The molecule has 5 nitrogen and oxygen atoms in total. The van der Waals surface area contributed by atoms with Crippen LogP contribution in [-0.2, 0) is 14.8 Å². The molecule has 3 rings (SSSR count). The third-order valence-corrected chi connectivity index (χ3v) is 7.04. The van der Waals surface area contributed by atoms with Crippen molar-refractivity contribution in [3.05, 3.63) is 87.4 Å². The summed E-state index contributed by atoms with van der Waals surface area (Å²) in [5.41, 5.74) is 1.51. The van der Waals surface area contributed by atoms with Crippen LogP contribution in [0, 0.1) is 6.92 Å². The first-order valence-corrected chi connectivity index (χ1v) is 11.3. The van der Waals surface area contributed by atoms with Crippen molar-refractivity contribution in [3.8, 4) is 0 Å². The van der Waals surface area contributed by atoms with E-state index in [0.29, 0.717) is 27.0 Å². The van der Waals surface area contributed by atoms with Gasteiger partial charge >= 0.3 is 0 Å². The lowest BCUT2D eigenvalue weighted by Crippen LogP contribution is -2.38. The molecule has 0 heterocycles. The summed E-state index contributed by atoms with van der Waals surface area (Å²) in [5.74, 6) is -0.533. The average molecular weight is 484 g/mol. The maximum atomic E-state index is 13.3. The van der Waals surface area contributed by atoms with Crippen molar-refractivity contribution in [1.82, 2.24) is 0 Å². The van der Waals surface area contributed by atoms with Crippen molar-refractivity contribution >= 4 is 62.1 Å². The van der Waals surface area contributed by atoms with E-state index in [4.69, 9.17) is 34.8 Å². The minimum atomic E-state index is -4.03. The van der Waals surface area contributed by atoms with Crippen molar-refractivity contribution < 1.29 is 13.2 Å². The Labute approximate surface area is 190 Å². The number of amides is 1. The molecule has 30 heavy (non-hydrogen) atoms. The third kappa shape index (κ3) is 5.08. The summed E-state index contributed by atoms with van der Waals surface area (Å²) in [6, 6.07) is 17.3. The number of carbonyl (C=O) groups excluding carboxylic acids is 1. The summed E-state index contributed by atoms with van der Waals surface area (Å²) in [5, 5.41) is 3.69. The highest BCUT2D eigenvalue weighted by atomic mass is 35.5. The van der Waals surface area contributed by atoms with E-state index in [1.807, 2.05) is 0 Å². The van der Waals surface area contributed by atoms with Crippen LogP contribution in [0.1, 0.15) is 5.56 Å². The monoisotopic (exact) mass is 482 g/mol. The Balaban J connectivity index is 1.95. The van der Waals surface area contributed by atoms with Gasteiger partial charge in [-0.05, 0) is 61.0 Å². The molecule has 0 saturated heterocycles. The second-order valence-electron chi connectivity index (χ2n) is 6.43. The Morgan fingerprint density at radius 3 is 2.23 bits per heavy atom. The van der Waals surface area contributed by atoms with Crippen LogP contribution in [0.15, 0.2) is 71.6 Å². The quantitative estimate of drug-likeness (QED) is 0.482. The van der Waals surface area contributed by atoms with Gasteiger partial charge in [0.2, 0.25) is 5.91 Å². The highest BCUT2D eigenvalue weighted by Gasteiger charge is 2.28. The van der Waals surface area contributed by atoms with Crippen molar-refractivity contribution in [2.24, 2.45) is 0 Å². The minimum absolute atomic E-state index is 0.0255. The number of nitrogens with zero attached hydrogens (tertiary/aromatic N) is 1. The number of halogens is 3. The van der Waals surface area contributed by atoms with E-state index in [9.17, 15) is 13.2 Å². The first kappa shape index (κ1) is 22.4. The predicted molar refractivity (Wildman–Crippen MR) is 122 cm³/mol. The molecule has 156 valence electrons. The van der Waals surface area contributed by atoms with Crippen molar-refractivity contribution in [3.63, 3.8) is 0 Å². The smallest absolute Gasteiger partial charge is 0.264 e. The van der Waals surface area contributed by atoms with Crippen LogP contribution in [0.2, 0.25) is 15.1 Å². The molecule has 0 spiro atoms. The molecule has 1 amide bonds.